The lowest BCUT2D eigenvalue weighted by atomic mass is 9.98. The average Bonchev–Trinajstić information content (AvgIpc) is 3.28. The fourth-order valence-corrected chi connectivity index (χ4v) is 3.68. The van der Waals surface area contributed by atoms with E-state index in [2.05, 4.69) is 50.8 Å². The van der Waals surface area contributed by atoms with Gasteiger partial charge in [0.25, 0.3) is 5.91 Å². The van der Waals surface area contributed by atoms with Crippen molar-refractivity contribution in [1.82, 2.24) is 10.6 Å². The Hall–Kier alpha value is -3.06. The molecule has 1 aromatic heterocycles. The topological polar surface area (TPSA) is 80.6 Å². The summed E-state index contributed by atoms with van der Waals surface area (Å²) in [7, 11) is 0. The summed E-state index contributed by atoms with van der Waals surface area (Å²) in [5.74, 6) is -0.279. The summed E-state index contributed by atoms with van der Waals surface area (Å²) >= 11 is 3.13. The van der Waals surface area contributed by atoms with Crippen LogP contribution in [0.1, 0.15) is 27.6 Å². The van der Waals surface area contributed by atoms with Crippen molar-refractivity contribution in [2.24, 2.45) is 0 Å². The number of fused-ring (bicyclic) bond motifs is 3. The normalized spacial score (nSPS) is 12.2. The summed E-state index contributed by atoms with van der Waals surface area (Å²) < 4.78 is 11.0. The van der Waals surface area contributed by atoms with Gasteiger partial charge in [0, 0.05) is 5.92 Å². The van der Waals surface area contributed by atoms with Crippen molar-refractivity contribution in [3.05, 3.63) is 82.2 Å². The number of carbonyl (C=O) groups excluding carboxylic acids is 2. The Labute approximate surface area is 170 Å². The number of nitrogens with one attached hydrogen (secondary N) is 2. The van der Waals surface area contributed by atoms with E-state index in [1.54, 1.807) is 6.07 Å². The first-order chi connectivity index (χ1) is 13.6. The third-order valence-corrected chi connectivity index (χ3v) is 5.05. The predicted molar refractivity (Wildman–Crippen MR) is 107 cm³/mol. The molecule has 0 saturated heterocycles. The van der Waals surface area contributed by atoms with Crippen molar-refractivity contribution in [2.75, 3.05) is 13.3 Å². The zero-order valence-corrected chi connectivity index (χ0v) is 16.4. The molecule has 2 amide bonds. The number of rotatable bonds is 5. The summed E-state index contributed by atoms with van der Waals surface area (Å²) in [4.78, 5) is 23.9. The van der Waals surface area contributed by atoms with Crippen LogP contribution in [-0.4, -0.2) is 25.3 Å². The number of hydrogen-bond donors (Lipinski definition) is 2. The van der Waals surface area contributed by atoms with Gasteiger partial charge in [0.15, 0.2) is 10.4 Å². The maximum Gasteiger partial charge on any atom is 0.408 e. The highest BCUT2D eigenvalue weighted by Gasteiger charge is 2.28. The van der Waals surface area contributed by atoms with Crippen molar-refractivity contribution in [3.63, 3.8) is 0 Å². The highest BCUT2D eigenvalue weighted by Crippen LogP contribution is 2.44. The second-order valence-corrected chi connectivity index (χ2v) is 7.07. The first kappa shape index (κ1) is 18.3. The van der Waals surface area contributed by atoms with Crippen LogP contribution in [0, 0.1) is 0 Å². The molecule has 0 bridgehead atoms. The number of amides is 2. The molecule has 1 aliphatic rings. The Morgan fingerprint density at radius 3 is 2.18 bits per heavy atom. The highest BCUT2D eigenvalue weighted by molar-refractivity contribution is 9.10. The summed E-state index contributed by atoms with van der Waals surface area (Å²) in [6, 6.07) is 19.4. The van der Waals surface area contributed by atoms with E-state index in [1.165, 1.54) is 17.2 Å². The van der Waals surface area contributed by atoms with E-state index in [9.17, 15) is 9.59 Å². The van der Waals surface area contributed by atoms with Crippen LogP contribution in [0.3, 0.4) is 0 Å². The number of hydrogen-bond acceptors (Lipinski definition) is 4. The summed E-state index contributed by atoms with van der Waals surface area (Å²) in [6.45, 7) is 0.159. The second-order valence-electron chi connectivity index (χ2n) is 6.29. The third kappa shape index (κ3) is 3.66. The van der Waals surface area contributed by atoms with Crippen molar-refractivity contribution in [2.45, 2.75) is 5.92 Å². The molecule has 1 aliphatic carbocycles. The van der Waals surface area contributed by atoms with Gasteiger partial charge in [-0.25, -0.2) is 4.79 Å². The number of halogens is 1. The first-order valence-electron chi connectivity index (χ1n) is 8.76. The maximum absolute atomic E-state index is 12.0. The number of carbonyl (C=O) groups is 2. The molecule has 0 saturated carbocycles. The molecule has 3 aromatic rings. The second kappa shape index (κ2) is 7.90. The van der Waals surface area contributed by atoms with Gasteiger partial charge in [-0.3, -0.25) is 4.79 Å². The van der Waals surface area contributed by atoms with Crippen LogP contribution in [0.2, 0.25) is 0 Å². The van der Waals surface area contributed by atoms with E-state index >= 15 is 0 Å². The SMILES string of the molecule is O=C(NCNC(=O)c1ccc(Br)o1)OCC1c2ccccc2-c2ccccc21. The van der Waals surface area contributed by atoms with Crippen LogP contribution in [-0.2, 0) is 4.74 Å². The van der Waals surface area contributed by atoms with Crippen molar-refractivity contribution < 1.29 is 18.7 Å². The fraction of sp³-hybridized carbons (Fsp3) is 0.143. The minimum Gasteiger partial charge on any atom is -0.449 e. The van der Waals surface area contributed by atoms with Crippen LogP contribution in [0.25, 0.3) is 11.1 Å². The monoisotopic (exact) mass is 440 g/mol. The molecule has 0 atom stereocenters. The lowest BCUT2D eigenvalue weighted by molar-refractivity contribution is 0.0919. The van der Waals surface area contributed by atoms with E-state index in [-0.39, 0.29) is 25.0 Å². The predicted octanol–water partition coefficient (Wildman–Crippen LogP) is 4.27. The van der Waals surface area contributed by atoms with E-state index in [0.29, 0.717) is 4.67 Å². The molecule has 1 heterocycles. The zero-order chi connectivity index (χ0) is 19.5. The number of ether oxygens (including phenoxy) is 1. The standard InChI is InChI=1S/C21H17BrN2O4/c22-19-10-9-18(28-19)20(25)23-12-24-21(26)27-11-17-15-7-3-1-5-13(15)14-6-2-4-8-16(14)17/h1-10,17H,11-12H2,(H,23,25)(H,24,26). The maximum atomic E-state index is 12.0. The van der Waals surface area contributed by atoms with Gasteiger partial charge in [-0.15, -0.1) is 0 Å². The van der Waals surface area contributed by atoms with Gasteiger partial charge >= 0.3 is 6.09 Å². The number of benzene rings is 2. The molecule has 0 radical (unpaired) electrons. The molecule has 6 nitrogen and oxygen atoms in total. The summed E-state index contributed by atoms with van der Waals surface area (Å²) in [6.07, 6.45) is -0.595. The molecule has 2 aromatic carbocycles. The number of furan rings is 1. The van der Waals surface area contributed by atoms with Crippen LogP contribution in [0.5, 0.6) is 0 Å². The lowest BCUT2D eigenvalue weighted by Gasteiger charge is -2.14. The molecule has 0 fully saturated rings. The third-order valence-electron chi connectivity index (χ3n) is 4.62. The van der Waals surface area contributed by atoms with Gasteiger partial charge in [-0.1, -0.05) is 48.5 Å². The van der Waals surface area contributed by atoms with Crippen LogP contribution in [0.4, 0.5) is 4.79 Å². The Morgan fingerprint density at radius 2 is 1.57 bits per heavy atom. The molecular formula is C21H17BrN2O4. The Morgan fingerprint density at radius 1 is 0.929 bits per heavy atom. The van der Waals surface area contributed by atoms with Crippen molar-refractivity contribution in [3.8, 4) is 11.1 Å². The molecule has 2 N–H and O–H groups in total. The summed E-state index contributed by atoms with van der Waals surface area (Å²) in [5.41, 5.74) is 4.63. The zero-order valence-electron chi connectivity index (χ0n) is 14.8. The van der Waals surface area contributed by atoms with Crippen molar-refractivity contribution in [1.29, 1.82) is 0 Å². The smallest absolute Gasteiger partial charge is 0.408 e. The molecule has 0 unspecified atom stereocenters. The van der Waals surface area contributed by atoms with Crippen LogP contribution < -0.4 is 10.6 Å². The van der Waals surface area contributed by atoms with Gasteiger partial charge in [0.1, 0.15) is 6.61 Å². The largest absolute Gasteiger partial charge is 0.449 e. The van der Waals surface area contributed by atoms with Gasteiger partial charge in [-0.05, 0) is 50.3 Å². The van der Waals surface area contributed by atoms with Gasteiger partial charge < -0.3 is 19.8 Å². The molecule has 7 heteroatoms. The Balaban J connectivity index is 1.32. The fourth-order valence-electron chi connectivity index (χ4n) is 3.37. The van der Waals surface area contributed by atoms with Crippen LogP contribution >= 0.6 is 15.9 Å². The minimum absolute atomic E-state index is 0.00629. The first-order valence-corrected chi connectivity index (χ1v) is 9.55. The van der Waals surface area contributed by atoms with Gasteiger partial charge in [0.05, 0.1) is 6.67 Å². The van der Waals surface area contributed by atoms with E-state index in [4.69, 9.17) is 9.15 Å². The highest BCUT2D eigenvalue weighted by atomic mass is 79.9. The van der Waals surface area contributed by atoms with Crippen molar-refractivity contribution >= 4 is 27.9 Å². The summed E-state index contributed by atoms with van der Waals surface area (Å²) in [5, 5.41) is 5.05. The molecule has 28 heavy (non-hydrogen) atoms. The quantitative estimate of drug-likeness (QED) is 0.580. The number of alkyl carbamates (subject to hydrolysis) is 1. The lowest BCUT2D eigenvalue weighted by Crippen LogP contribution is -2.37. The van der Waals surface area contributed by atoms with Gasteiger partial charge in [0.2, 0.25) is 0 Å². The van der Waals surface area contributed by atoms with E-state index in [0.717, 1.165) is 11.1 Å². The van der Waals surface area contributed by atoms with E-state index < -0.39 is 12.0 Å². The van der Waals surface area contributed by atoms with Gasteiger partial charge in [-0.2, -0.15) is 0 Å². The molecular weight excluding hydrogens is 424 g/mol. The van der Waals surface area contributed by atoms with E-state index in [1.807, 2.05) is 24.3 Å². The molecule has 0 aliphatic heterocycles. The van der Waals surface area contributed by atoms with Crippen LogP contribution in [0.15, 0.2) is 69.8 Å². The average molecular weight is 441 g/mol. The Kier molecular flexibility index (Phi) is 5.16. The Bertz CT molecular complexity index is 985. The molecule has 142 valence electrons. The minimum atomic E-state index is -0.595. The molecule has 4 rings (SSSR count). The molecule has 0 spiro atoms.